The molecule has 2 N–H and O–H groups in total. The number of carbonyl (C=O) groups is 1. The lowest BCUT2D eigenvalue weighted by molar-refractivity contribution is 0.0601. The molecule has 0 saturated carbocycles. The summed E-state index contributed by atoms with van der Waals surface area (Å²) in [6, 6.07) is 6.74. The van der Waals surface area contributed by atoms with Crippen LogP contribution in [0.4, 0.5) is 15.8 Å². The summed E-state index contributed by atoms with van der Waals surface area (Å²) in [4.78, 5) is 18.7. The van der Waals surface area contributed by atoms with E-state index in [0.717, 1.165) is 3.57 Å². The Morgan fingerprint density at radius 2 is 2.22 bits per heavy atom. The van der Waals surface area contributed by atoms with Gasteiger partial charge in [-0.05, 0) is 46.9 Å². The number of nitrogens with zero attached hydrogens (tertiary/aromatic N) is 1. The predicted octanol–water partition coefficient (Wildman–Crippen LogP) is 4.49. The highest BCUT2D eigenvalue weighted by atomic mass is 127. The van der Waals surface area contributed by atoms with Crippen molar-refractivity contribution in [3.05, 3.63) is 50.6 Å². The van der Waals surface area contributed by atoms with Crippen LogP contribution >= 0.6 is 34.2 Å². The Labute approximate surface area is 149 Å². The molecule has 3 aromatic rings. The SMILES string of the molecule is COC(=O)c1cc2[nH]cnc2c(F)c1Nc1ccc(I)cc1Cl. The fourth-order valence-electron chi connectivity index (χ4n) is 2.16. The molecule has 0 saturated heterocycles. The number of hydrogen-bond acceptors (Lipinski definition) is 4. The predicted molar refractivity (Wildman–Crippen MR) is 94.8 cm³/mol. The van der Waals surface area contributed by atoms with Gasteiger partial charge in [-0.2, -0.15) is 0 Å². The molecule has 3 rings (SSSR count). The number of fused-ring (bicyclic) bond motifs is 1. The number of methoxy groups -OCH3 is 1. The van der Waals surface area contributed by atoms with Crippen molar-refractivity contribution in [3.63, 3.8) is 0 Å². The molecule has 0 aliphatic carbocycles. The average molecular weight is 446 g/mol. The van der Waals surface area contributed by atoms with Gasteiger partial charge in [0.15, 0.2) is 5.82 Å². The Balaban J connectivity index is 2.17. The van der Waals surface area contributed by atoms with Crippen LogP contribution in [0.3, 0.4) is 0 Å². The van der Waals surface area contributed by atoms with Gasteiger partial charge in [-0.3, -0.25) is 0 Å². The first-order valence-corrected chi connectivity index (χ1v) is 7.93. The third-order valence-corrected chi connectivity index (χ3v) is 4.23. The van der Waals surface area contributed by atoms with Gasteiger partial charge in [0.1, 0.15) is 5.52 Å². The molecule has 0 fully saturated rings. The molecule has 1 heterocycles. The molecule has 0 atom stereocenters. The number of nitrogens with one attached hydrogen (secondary N) is 2. The van der Waals surface area contributed by atoms with E-state index in [9.17, 15) is 9.18 Å². The highest BCUT2D eigenvalue weighted by Crippen LogP contribution is 2.33. The molecule has 0 amide bonds. The highest BCUT2D eigenvalue weighted by Gasteiger charge is 2.21. The van der Waals surface area contributed by atoms with E-state index in [0.29, 0.717) is 16.2 Å². The zero-order valence-electron chi connectivity index (χ0n) is 11.8. The van der Waals surface area contributed by atoms with Crippen LogP contribution in [0.5, 0.6) is 0 Å². The molecular formula is C15H10ClFIN3O2. The van der Waals surface area contributed by atoms with E-state index < -0.39 is 11.8 Å². The summed E-state index contributed by atoms with van der Waals surface area (Å²) in [5, 5.41) is 3.28. The molecule has 118 valence electrons. The Morgan fingerprint density at radius 3 is 2.91 bits per heavy atom. The van der Waals surface area contributed by atoms with Crippen molar-refractivity contribution in [1.82, 2.24) is 9.97 Å². The molecule has 5 nitrogen and oxygen atoms in total. The van der Waals surface area contributed by atoms with Gasteiger partial charge in [-0.1, -0.05) is 11.6 Å². The molecule has 0 unspecified atom stereocenters. The topological polar surface area (TPSA) is 67.0 Å². The van der Waals surface area contributed by atoms with E-state index in [1.54, 1.807) is 12.1 Å². The number of H-pyrrole nitrogens is 1. The Hall–Kier alpha value is -1.87. The standard InChI is InChI=1S/C15H10ClFIN3O2/c1-23-15(22)8-5-11-14(20-6-19-11)12(17)13(8)21-10-3-2-7(18)4-9(10)16/h2-6,21H,1H3,(H,19,20). The number of rotatable bonds is 3. The van der Waals surface area contributed by atoms with Crippen LogP contribution in [-0.4, -0.2) is 23.0 Å². The first-order chi connectivity index (χ1) is 11.0. The summed E-state index contributed by atoms with van der Waals surface area (Å²) in [6.07, 6.45) is 1.36. The summed E-state index contributed by atoms with van der Waals surface area (Å²) in [5.41, 5.74) is 1.03. The number of ether oxygens (including phenoxy) is 1. The molecule has 0 spiro atoms. The highest BCUT2D eigenvalue weighted by molar-refractivity contribution is 14.1. The van der Waals surface area contributed by atoms with Crippen molar-refractivity contribution >= 4 is 62.6 Å². The second-order valence-electron chi connectivity index (χ2n) is 4.65. The molecule has 0 aliphatic heterocycles. The van der Waals surface area contributed by atoms with Crippen LogP contribution in [0.1, 0.15) is 10.4 Å². The van der Waals surface area contributed by atoms with Crippen molar-refractivity contribution in [2.24, 2.45) is 0 Å². The fourth-order valence-corrected chi connectivity index (χ4v) is 3.06. The number of hydrogen-bond donors (Lipinski definition) is 2. The van der Waals surface area contributed by atoms with Crippen LogP contribution < -0.4 is 5.32 Å². The Kier molecular flexibility index (Phi) is 4.40. The quantitative estimate of drug-likeness (QED) is 0.460. The van der Waals surface area contributed by atoms with Crippen molar-refractivity contribution in [3.8, 4) is 0 Å². The maximum absolute atomic E-state index is 14.8. The molecule has 0 aliphatic rings. The van der Waals surface area contributed by atoms with Gasteiger partial charge in [0.05, 0.1) is 40.9 Å². The molecule has 8 heteroatoms. The number of halogens is 3. The second-order valence-corrected chi connectivity index (χ2v) is 6.31. The Bertz CT molecular complexity index is 913. The molecule has 1 aromatic heterocycles. The van der Waals surface area contributed by atoms with Gasteiger partial charge in [-0.25, -0.2) is 14.2 Å². The second kappa shape index (κ2) is 6.32. The monoisotopic (exact) mass is 445 g/mol. The summed E-state index contributed by atoms with van der Waals surface area (Å²) in [6.45, 7) is 0. The Morgan fingerprint density at radius 1 is 1.43 bits per heavy atom. The first-order valence-electron chi connectivity index (χ1n) is 6.47. The number of aromatic nitrogens is 2. The van der Waals surface area contributed by atoms with Crippen molar-refractivity contribution in [2.45, 2.75) is 0 Å². The number of carbonyl (C=O) groups excluding carboxylic acids is 1. The third kappa shape index (κ3) is 2.98. The number of aromatic amines is 1. The fraction of sp³-hybridized carbons (Fsp3) is 0.0667. The maximum Gasteiger partial charge on any atom is 0.340 e. The lowest BCUT2D eigenvalue weighted by atomic mass is 10.1. The summed E-state index contributed by atoms with van der Waals surface area (Å²) in [5.74, 6) is -1.32. The van der Waals surface area contributed by atoms with Crippen LogP contribution in [0.15, 0.2) is 30.6 Å². The van der Waals surface area contributed by atoms with E-state index in [1.165, 1.54) is 19.5 Å². The van der Waals surface area contributed by atoms with Crippen molar-refractivity contribution < 1.29 is 13.9 Å². The number of benzene rings is 2. The van der Waals surface area contributed by atoms with E-state index in [2.05, 4.69) is 37.9 Å². The van der Waals surface area contributed by atoms with E-state index in [1.807, 2.05) is 6.07 Å². The number of imidazole rings is 1. The number of esters is 1. The molecule has 2 aromatic carbocycles. The zero-order valence-corrected chi connectivity index (χ0v) is 14.7. The minimum absolute atomic E-state index is 0.0282. The molecule has 0 radical (unpaired) electrons. The average Bonchev–Trinajstić information content (AvgIpc) is 3.00. The molecular weight excluding hydrogens is 436 g/mol. The van der Waals surface area contributed by atoms with Gasteiger partial charge in [0.25, 0.3) is 0 Å². The van der Waals surface area contributed by atoms with Crippen molar-refractivity contribution in [2.75, 3.05) is 12.4 Å². The summed E-state index contributed by atoms with van der Waals surface area (Å²) < 4.78 is 20.4. The van der Waals surface area contributed by atoms with E-state index >= 15 is 0 Å². The smallest absolute Gasteiger partial charge is 0.340 e. The molecule has 23 heavy (non-hydrogen) atoms. The summed E-state index contributed by atoms with van der Waals surface area (Å²) >= 11 is 8.29. The maximum atomic E-state index is 14.8. The first kappa shape index (κ1) is 16.0. The normalized spacial score (nSPS) is 10.8. The minimum atomic E-state index is -0.662. The minimum Gasteiger partial charge on any atom is -0.465 e. The van der Waals surface area contributed by atoms with Crippen LogP contribution in [-0.2, 0) is 4.74 Å². The van der Waals surface area contributed by atoms with Gasteiger partial charge in [0.2, 0.25) is 0 Å². The molecule has 0 bridgehead atoms. The van der Waals surface area contributed by atoms with Crippen LogP contribution in [0.25, 0.3) is 11.0 Å². The third-order valence-electron chi connectivity index (χ3n) is 3.25. The van der Waals surface area contributed by atoms with Gasteiger partial charge < -0.3 is 15.0 Å². The zero-order chi connectivity index (χ0) is 16.6. The summed E-state index contributed by atoms with van der Waals surface area (Å²) in [7, 11) is 1.24. The van der Waals surface area contributed by atoms with Gasteiger partial charge in [-0.15, -0.1) is 0 Å². The van der Waals surface area contributed by atoms with Crippen LogP contribution in [0.2, 0.25) is 5.02 Å². The van der Waals surface area contributed by atoms with Gasteiger partial charge in [0, 0.05) is 3.57 Å². The van der Waals surface area contributed by atoms with Crippen molar-refractivity contribution in [1.29, 1.82) is 0 Å². The lowest BCUT2D eigenvalue weighted by Crippen LogP contribution is -2.08. The van der Waals surface area contributed by atoms with Gasteiger partial charge >= 0.3 is 5.97 Å². The van der Waals surface area contributed by atoms with E-state index in [4.69, 9.17) is 16.3 Å². The van der Waals surface area contributed by atoms with E-state index in [-0.39, 0.29) is 16.8 Å². The largest absolute Gasteiger partial charge is 0.465 e. The lowest BCUT2D eigenvalue weighted by Gasteiger charge is -2.13. The number of anilines is 2. The van der Waals surface area contributed by atoms with Crippen LogP contribution in [0, 0.1) is 9.39 Å².